The maximum atomic E-state index is 11.8. The first-order chi connectivity index (χ1) is 13.8. The predicted octanol–water partition coefficient (Wildman–Crippen LogP) is 4.00. The van der Waals surface area contributed by atoms with Gasteiger partial charge >= 0.3 is 5.97 Å². The van der Waals surface area contributed by atoms with Gasteiger partial charge in [-0.05, 0) is 49.5 Å². The van der Waals surface area contributed by atoms with Gasteiger partial charge in [-0.25, -0.2) is 0 Å². The molecule has 29 heavy (non-hydrogen) atoms. The van der Waals surface area contributed by atoms with Crippen LogP contribution in [0.2, 0.25) is 5.02 Å². The van der Waals surface area contributed by atoms with Gasteiger partial charge in [-0.3, -0.25) is 9.59 Å². The number of furan rings is 1. The van der Waals surface area contributed by atoms with Gasteiger partial charge in [0.1, 0.15) is 24.2 Å². The monoisotopic (exact) mass is 425 g/mol. The zero-order valence-corrected chi connectivity index (χ0v) is 17.7. The van der Waals surface area contributed by atoms with Crippen LogP contribution >= 0.6 is 11.6 Å². The van der Waals surface area contributed by atoms with E-state index in [-0.39, 0.29) is 6.42 Å². The summed E-state index contributed by atoms with van der Waals surface area (Å²) >= 11 is 5.87. The van der Waals surface area contributed by atoms with Crippen LogP contribution in [0.25, 0.3) is 11.3 Å². The largest absolute Gasteiger partial charge is 0.481 e. The van der Waals surface area contributed by atoms with Crippen LogP contribution in [0.15, 0.2) is 40.8 Å². The Bertz CT molecular complexity index is 751. The van der Waals surface area contributed by atoms with E-state index in [1.54, 1.807) is 24.3 Å². The Hall–Kier alpha value is -2.35. The third-order valence-corrected chi connectivity index (χ3v) is 4.26. The standard InChI is InChI=1S/C19H24ClNO4.C2H4O2/c1-3-21(4-2)11-12-24-19(23)13-16(22)18-10-9-17(25-18)14-5-7-15(20)8-6-14;1-2(3)4/h5-10,16,22H,3-4,11-13H2,1-2H3;1H3,(H,3,4). The van der Waals surface area contributed by atoms with E-state index in [4.69, 9.17) is 30.7 Å². The molecule has 0 fully saturated rings. The number of aliphatic hydroxyl groups excluding tert-OH is 1. The number of carboxylic acid groups (broad SMARTS) is 1. The van der Waals surface area contributed by atoms with Crippen LogP contribution in [0.3, 0.4) is 0 Å². The smallest absolute Gasteiger partial charge is 0.308 e. The number of likely N-dealkylation sites (N-methyl/N-ethyl adjacent to an activating group) is 1. The summed E-state index contributed by atoms with van der Waals surface area (Å²) in [6.45, 7) is 8.04. The number of rotatable bonds is 9. The van der Waals surface area contributed by atoms with Crippen LogP contribution < -0.4 is 0 Å². The summed E-state index contributed by atoms with van der Waals surface area (Å²) in [7, 11) is 0. The van der Waals surface area contributed by atoms with E-state index < -0.39 is 18.0 Å². The average molecular weight is 426 g/mol. The fraction of sp³-hybridized carbons (Fsp3) is 0.429. The number of carbonyl (C=O) groups excluding carboxylic acids is 1. The summed E-state index contributed by atoms with van der Waals surface area (Å²) < 4.78 is 10.8. The Balaban J connectivity index is 0.000000960. The van der Waals surface area contributed by atoms with Crippen molar-refractivity contribution in [1.82, 2.24) is 4.90 Å². The zero-order valence-electron chi connectivity index (χ0n) is 16.9. The molecule has 2 N–H and O–H groups in total. The van der Waals surface area contributed by atoms with E-state index >= 15 is 0 Å². The highest BCUT2D eigenvalue weighted by molar-refractivity contribution is 6.30. The van der Waals surface area contributed by atoms with Gasteiger partial charge in [0.25, 0.3) is 5.97 Å². The van der Waals surface area contributed by atoms with Gasteiger partial charge < -0.3 is 24.3 Å². The number of ether oxygens (including phenoxy) is 1. The van der Waals surface area contributed by atoms with Gasteiger partial charge in [-0.2, -0.15) is 0 Å². The fourth-order valence-electron chi connectivity index (χ4n) is 2.45. The van der Waals surface area contributed by atoms with Crippen LogP contribution in [0.1, 0.15) is 39.1 Å². The second-order valence-electron chi connectivity index (χ2n) is 6.20. The van der Waals surface area contributed by atoms with E-state index in [0.717, 1.165) is 25.6 Å². The molecule has 7 nitrogen and oxygen atoms in total. The Morgan fingerprint density at radius 1 is 1.14 bits per heavy atom. The second-order valence-corrected chi connectivity index (χ2v) is 6.63. The van der Waals surface area contributed by atoms with Crippen molar-refractivity contribution in [2.24, 2.45) is 0 Å². The topological polar surface area (TPSA) is 100 Å². The molecule has 1 unspecified atom stereocenters. The quantitative estimate of drug-likeness (QED) is 0.585. The third kappa shape index (κ3) is 9.60. The number of carbonyl (C=O) groups is 2. The SMILES string of the molecule is CC(=O)O.CCN(CC)CCOC(=O)CC(O)c1ccc(-c2ccc(Cl)cc2)o1. The molecule has 8 heteroatoms. The predicted molar refractivity (Wildman–Crippen MR) is 111 cm³/mol. The molecule has 160 valence electrons. The molecule has 0 bridgehead atoms. The Morgan fingerprint density at radius 3 is 2.28 bits per heavy atom. The lowest BCUT2D eigenvalue weighted by Crippen LogP contribution is -2.28. The van der Waals surface area contributed by atoms with E-state index in [2.05, 4.69) is 18.7 Å². The number of esters is 1. The average Bonchev–Trinajstić information content (AvgIpc) is 3.16. The second kappa shape index (κ2) is 13.0. The van der Waals surface area contributed by atoms with Gasteiger partial charge in [-0.15, -0.1) is 0 Å². The highest BCUT2D eigenvalue weighted by atomic mass is 35.5. The molecule has 1 aromatic heterocycles. The van der Waals surface area contributed by atoms with Gasteiger partial charge in [0.2, 0.25) is 0 Å². The summed E-state index contributed by atoms with van der Waals surface area (Å²) in [4.78, 5) is 23.0. The maximum Gasteiger partial charge on any atom is 0.308 e. The molecular formula is C21H28ClNO6. The normalized spacial score (nSPS) is 11.5. The van der Waals surface area contributed by atoms with Crippen LogP contribution in [0.5, 0.6) is 0 Å². The van der Waals surface area contributed by atoms with Crippen molar-refractivity contribution in [3.63, 3.8) is 0 Å². The minimum atomic E-state index is -1.03. The van der Waals surface area contributed by atoms with E-state index in [1.807, 2.05) is 12.1 Å². The van der Waals surface area contributed by atoms with Crippen LogP contribution in [0.4, 0.5) is 0 Å². The van der Waals surface area contributed by atoms with Crippen molar-refractivity contribution in [2.45, 2.75) is 33.3 Å². The van der Waals surface area contributed by atoms with Crippen molar-refractivity contribution in [3.05, 3.63) is 47.2 Å². The summed E-state index contributed by atoms with van der Waals surface area (Å²) in [5.74, 6) is -0.324. The molecular weight excluding hydrogens is 398 g/mol. The Kier molecular flexibility index (Phi) is 11.1. The van der Waals surface area contributed by atoms with Crippen LogP contribution in [0, 0.1) is 0 Å². The van der Waals surface area contributed by atoms with Crippen LogP contribution in [-0.2, 0) is 14.3 Å². The molecule has 0 amide bonds. The Morgan fingerprint density at radius 2 is 1.72 bits per heavy atom. The van der Waals surface area contributed by atoms with Crippen LogP contribution in [-0.4, -0.2) is 53.3 Å². The minimum Gasteiger partial charge on any atom is -0.481 e. The molecule has 1 aromatic carbocycles. The van der Waals surface area contributed by atoms with Gasteiger partial charge in [0.05, 0.1) is 6.42 Å². The highest BCUT2D eigenvalue weighted by Crippen LogP contribution is 2.27. The first-order valence-electron chi connectivity index (χ1n) is 9.38. The maximum absolute atomic E-state index is 11.8. The Labute approximate surface area is 175 Å². The number of benzene rings is 1. The molecule has 0 aliphatic heterocycles. The van der Waals surface area contributed by atoms with Crippen molar-refractivity contribution in [3.8, 4) is 11.3 Å². The molecule has 0 aliphatic rings. The zero-order chi connectivity index (χ0) is 21.8. The van der Waals surface area contributed by atoms with Crippen molar-refractivity contribution >= 4 is 23.5 Å². The van der Waals surface area contributed by atoms with Crippen molar-refractivity contribution in [1.29, 1.82) is 0 Å². The van der Waals surface area contributed by atoms with Crippen molar-refractivity contribution in [2.75, 3.05) is 26.2 Å². The van der Waals surface area contributed by atoms with E-state index in [9.17, 15) is 9.90 Å². The lowest BCUT2D eigenvalue weighted by molar-refractivity contribution is -0.146. The van der Waals surface area contributed by atoms with E-state index in [0.29, 0.717) is 29.7 Å². The summed E-state index contributed by atoms with van der Waals surface area (Å²) in [5, 5.41) is 18.2. The van der Waals surface area contributed by atoms with Gasteiger partial charge in [-0.1, -0.05) is 25.4 Å². The number of carboxylic acids is 1. The number of nitrogens with zero attached hydrogens (tertiary/aromatic N) is 1. The molecule has 1 heterocycles. The highest BCUT2D eigenvalue weighted by Gasteiger charge is 2.18. The number of aliphatic carboxylic acids is 1. The first kappa shape index (κ1) is 24.7. The molecule has 0 spiro atoms. The lowest BCUT2D eigenvalue weighted by Gasteiger charge is -2.17. The molecule has 2 rings (SSSR count). The number of hydrogen-bond donors (Lipinski definition) is 2. The summed E-state index contributed by atoms with van der Waals surface area (Å²) in [5.41, 5.74) is 0.852. The molecule has 0 radical (unpaired) electrons. The van der Waals surface area contributed by atoms with Gasteiger partial charge in [0, 0.05) is 24.1 Å². The number of aliphatic hydroxyl groups is 1. The molecule has 2 aromatic rings. The summed E-state index contributed by atoms with van der Waals surface area (Å²) in [6, 6.07) is 10.6. The van der Waals surface area contributed by atoms with Gasteiger partial charge in [0.15, 0.2) is 0 Å². The van der Waals surface area contributed by atoms with E-state index in [1.165, 1.54) is 0 Å². The molecule has 0 aliphatic carbocycles. The van der Waals surface area contributed by atoms with Crippen molar-refractivity contribution < 1.29 is 29.0 Å². The molecule has 1 atom stereocenters. The molecule has 0 saturated carbocycles. The first-order valence-corrected chi connectivity index (χ1v) is 9.75. The summed E-state index contributed by atoms with van der Waals surface area (Å²) in [6.07, 6.45) is -1.16. The third-order valence-electron chi connectivity index (χ3n) is 4.01. The fourth-order valence-corrected chi connectivity index (χ4v) is 2.57. The number of hydrogen-bond acceptors (Lipinski definition) is 6. The minimum absolute atomic E-state index is 0.133. The lowest BCUT2D eigenvalue weighted by atomic mass is 10.2. The molecule has 0 saturated heterocycles. The number of halogens is 1.